The van der Waals surface area contributed by atoms with Crippen LogP contribution in [0.4, 0.5) is 0 Å². The van der Waals surface area contributed by atoms with Crippen molar-refractivity contribution < 1.29 is 9.47 Å². The minimum Gasteiger partial charge on any atom is -0.497 e. The minimum atomic E-state index is 0.452. The zero-order valence-corrected chi connectivity index (χ0v) is 18.7. The van der Waals surface area contributed by atoms with E-state index < -0.39 is 0 Å². The first-order valence-corrected chi connectivity index (χ1v) is 10.3. The Kier molecular flexibility index (Phi) is 7.53. The molecule has 166 valence electrons. The number of ether oxygens (including phenoxy) is 2. The Balaban J connectivity index is 1.58. The lowest BCUT2D eigenvalue weighted by molar-refractivity contribution is 0.398. The summed E-state index contributed by atoms with van der Waals surface area (Å²) in [6.45, 7) is 7.54. The van der Waals surface area contributed by atoms with Crippen LogP contribution in [0.15, 0.2) is 35.8 Å². The molecule has 0 radical (unpaired) electrons. The second kappa shape index (κ2) is 10.5. The number of H-pyrrole nitrogens is 1. The predicted molar refractivity (Wildman–Crippen MR) is 123 cm³/mol. The van der Waals surface area contributed by atoms with E-state index in [9.17, 15) is 0 Å². The van der Waals surface area contributed by atoms with E-state index in [4.69, 9.17) is 9.47 Å². The topological polar surface area (TPSA) is 101 Å². The first kappa shape index (κ1) is 22.2. The summed E-state index contributed by atoms with van der Waals surface area (Å²) in [6.07, 6.45) is 3.63. The van der Waals surface area contributed by atoms with Crippen LogP contribution in [0.5, 0.6) is 11.5 Å². The summed E-state index contributed by atoms with van der Waals surface area (Å²) in [7, 11) is 5.26. The maximum absolute atomic E-state index is 5.50. The van der Waals surface area contributed by atoms with Crippen LogP contribution in [-0.4, -0.2) is 53.0 Å². The molecule has 2 heterocycles. The Bertz CT molecular complexity index is 1050. The summed E-state index contributed by atoms with van der Waals surface area (Å²) in [4.78, 5) is 8.07. The van der Waals surface area contributed by atoms with Crippen molar-refractivity contribution in [2.75, 3.05) is 27.3 Å². The number of aliphatic imine (C=N–C) groups is 1. The number of nitrogens with zero attached hydrogens (tertiary/aromatic N) is 4. The SMILES string of the molecule is C=CCNC(=NCc1nnc(C)n1C)NCCCc1cc2c(OC)cc(OC)cc2[nH]1. The van der Waals surface area contributed by atoms with Gasteiger partial charge in [0.25, 0.3) is 0 Å². The standard InChI is InChI=1S/C22H31N7O2/c1-6-9-23-22(25-14-21-28-27-15(2)29(21)3)24-10-7-8-16-11-18-19(26-16)12-17(30-4)13-20(18)31-5/h6,11-13,26H,1,7-10,14H2,2-5H3,(H2,23,24,25). The van der Waals surface area contributed by atoms with Crippen molar-refractivity contribution in [1.29, 1.82) is 0 Å². The fourth-order valence-corrected chi connectivity index (χ4v) is 3.23. The van der Waals surface area contributed by atoms with Crippen LogP contribution >= 0.6 is 0 Å². The molecule has 3 N–H and O–H groups in total. The van der Waals surface area contributed by atoms with E-state index in [0.29, 0.717) is 13.1 Å². The third kappa shape index (κ3) is 5.56. The van der Waals surface area contributed by atoms with Gasteiger partial charge in [-0.1, -0.05) is 6.08 Å². The van der Waals surface area contributed by atoms with Crippen LogP contribution in [0.25, 0.3) is 10.9 Å². The van der Waals surface area contributed by atoms with Crippen LogP contribution in [0.2, 0.25) is 0 Å². The molecular weight excluding hydrogens is 394 g/mol. The molecule has 0 saturated carbocycles. The number of guanidine groups is 1. The van der Waals surface area contributed by atoms with Gasteiger partial charge in [0.05, 0.1) is 19.7 Å². The fraction of sp³-hybridized carbons (Fsp3) is 0.409. The van der Waals surface area contributed by atoms with Gasteiger partial charge in [-0.15, -0.1) is 16.8 Å². The summed E-state index contributed by atoms with van der Waals surface area (Å²) in [5, 5.41) is 15.9. The number of aromatic nitrogens is 4. The van der Waals surface area contributed by atoms with E-state index in [-0.39, 0.29) is 0 Å². The van der Waals surface area contributed by atoms with E-state index in [0.717, 1.165) is 65.1 Å². The van der Waals surface area contributed by atoms with Crippen LogP contribution in [0, 0.1) is 6.92 Å². The Morgan fingerprint density at radius 2 is 2.06 bits per heavy atom. The number of hydrogen-bond acceptors (Lipinski definition) is 5. The van der Waals surface area contributed by atoms with E-state index in [2.05, 4.69) is 43.5 Å². The van der Waals surface area contributed by atoms with Gasteiger partial charge in [-0.25, -0.2) is 4.99 Å². The van der Waals surface area contributed by atoms with E-state index in [1.807, 2.05) is 30.7 Å². The third-order valence-corrected chi connectivity index (χ3v) is 5.08. The van der Waals surface area contributed by atoms with Gasteiger partial charge in [0, 0.05) is 43.4 Å². The zero-order chi connectivity index (χ0) is 22.2. The normalized spacial score (nSPS) is 11.5. The number of aryl methyl sites for hydroxylation is 2. The average Bonchev–Trinajstić information content (AvgIpc) is 3.34. The van der Waals surface area contributed by atoms with Crippen LogP contribution in [0.1, 0.15) is 23.8 Å². The van der Waals surface area contributed by atoms with Gasteiger partial charge in [0.15, 0.2) is 11.8 Å². The summed E-state index contributed by atoms with van der Waals surface area (Å²) in [5.74, 6) is 3.98. The Hall–Kier alpha value is -3.49. The number of benzene rings is 1. The van der Waals surface area contributed by atoms with Crippen molar-refractivity contribution in [3.63, 3.8) is 0 Å². The summed E-state index contributed by atoms with van der Waals surface area (Å²) in [6, 6.07) is 6.01. The smallest absolute Gasteiger partial charge is 0.191 e. The van der Waals surface area contributed by atoms with Gasteiger partial charge >= 0.3 is 0 Å². The second-order valence-electron chi connectivity index (χ2n) is 7.17. The number of rotatable bonds is 10. The highest BCUT2D eigenvalue weighted by molar-refractivity contribution is 5.88. The van der Waals surface area contributed by atoms with E-state index in [1.165, 1.54) is 0 Å². The van der Waals surface area contributed by atoms with Crippen molar-refractivity contribution in [2.24, 2.45) is 12.0 Å². The van der Waals surface area contributed by atoms with Crippen molar-refractivity contribution >= 4 is 16.9 Å². The molecule has 3 aromatic rings. The van der Waals surface area contributed by atoms with Crippen molar-refractivity contribution in [1.82, 2.24) is 30.4 Å². The molecule has 3 rings (SSSR count). The minimum absolute atomic E-state index is 0.452. The zero-order valence-electron chi connectivity index (χ0n) is 18.7. The Morgan fingerprint density at radius 3 is 2.74 bits per heavy atom. The molecule has 1 aromatic carbocycles. The van der Waals surface area contributed by atoms with Gasteiger partial charge in [-0.3, -0.25) is 0 Å². The molecule has 31 heavy (non-hydrogen) atoms. The molecule has 0 aliphatic rings. The van der Waals surface area contributed by atoms with Gasteiger partial charge < -0.3 is 29.7 Å². The summed E-state index contributed by atoms with van der Waals surface area (Å²) in [5.41, 5.74) is 2.16. The third-order valence-electron chi connectivity index (χ3n) is 5.08. The molecule has 0 amide bonds. The van der Waals surface area contributed by atoms with Crippen molar-refractivity contribution in [2.45, 2.75) is 26.3 Å². The molecule has 9 nitrogen and oxygen atoms in total. The fourth-order valence-electron chi connectivity index (χ4n) is 3.23. The van der Waals surface area contributed by atoms with Gasteiger partial charge in [0.1, 0.15) is 23.9 Å². The van der Waals surface area contributed by atoms with Crippen molar-refractivity contribution in [3.8, 4) is 11.5 Å². The molecule has 0 bridgehead atoms. The average molecular weight is 426 g/mol. The van der Waals surface area contributed by atoms with Crippen LogP contribution in [0.3, 0.4) is 0 Å². The second-order valence-corrected chi connectivity index (χ2v) is 7.17. The molecule has 0 saturated heterocycles. The molecule has 0 spiro atoms. The number of fused-ring (bicyclic) bond motifs is 1. The molecule has 0 aliphatic heterocycles. The summed E-state index contributed by atoms with van der Waals surface area (Å²) >= 11 is 0. The molecule has 0 unspecified atom stereocenters. The first-order chi connectivity index (χ1) is 15.0. The number of hydrogen-bond donors (Lipinski definition) is 3. The maximum atomic E-state index is 5.50. The molecule has 2 aromatic heterocycles. The molecular formula is C22H31N7O2. The number of methoxy groups -OCH3 is 2. The summed E-state index contributed by atoms with van der Waals surface area (Å²) < 4.78 is 12.8. The van der Waals surface area contributed by atoms with Gasteiger partial charge in [-0.05, 0) is 25.8 Å². The van der Waals surface area contributed by atoms with E-state index in [1.54, 1.807) is 20.3 Å². The first-order valence-electron chi connectivity index (χ1n) is 10.3. The molecule has 0 aliphatic carbocycles. The lowest BCUT2D eigenvalue weighted by Gasteiger charge is -2.11. The van der Waals surface area contributed by atoms with Gasteiger partial charge in [-0.2, -0.15) is 0 Å². The molecule has 0 atom stereocenters. The van der Waals surface area contributed by atoms with Crippen LogP contribution in [-0.2, 0) is 20.0 Å². The predicted octanol–water partition coefficient (Wildman–Crippen LogP) is 2.48. The van der Waals surface area contributed by atoms with Crippen LogP contribution < -0.4 is 20.1 Å². The molecule has 0 fully saturated rings. The Morgan fingerprint density at radius 1 is 1.23 bits per heavy atom. The highest BCUT2D eigenvalue weighted by atomic mass is 16.5. The van der Waals surface area contributed by atoms with Gasteiger partial charge in [0.2, 0.25) is 0 Å². The lowest BCUT2D eigenvalue weighted by Crippen LogP contribution is -2.38. The van der Waals surface area contributed by atoms with Crippen molar-refractivity contribution in [3.05, 3.63) is 48.2 Å². The highest BCUT2D eigenvalue weighted by Crippen LogP contribution is 2.31. The molecule has 9 heteroatoms. The Labute approximate surface area is 182 Å². The maximum Gasteiger partial charge on any atom is 0.191 e. The largest absolute Gasteiger partial charge is 0.497 e. The number of nitrogens with one attached hydrogen (secondary N) is 3. The quantitative estimate of drug-likeness (QED) is 0.200. The lowest BCUT2D eigenvalue weighted by atomic mass is 10.2. The van der Waals surface area contributed by atoms with E-state index >= 15 is 0 Å². The highest BCUT2D eigenvalue weighted by Gasteiger charge is 2.09. The number of aromatic amines is 1. The monoisotopic (exact) mass is 425 g/mol.